The van der Waals surface area contributed by atoms with Crippen molar-refractivity contribution < 1.29 is 4.79 Å². The Morgan fingerprint density at radius 1 is 1.31 bits per heavy atom. The van der Waals surface area contributed by atoms with Crippen molar-refractivity contribution in [1.82, 2.24) is 25.1 Å². The second-order valence-electron chi connectivity index (χ2n) is 6.62. The Bertz CT molecular complexity index is 954. The van der Waals surface area contributed by atoms with E-state index in [2.05, 4.69) is 44.2 Å². The molecule has 0 aliphatic heterocycles. The first-order valence-corrected chi connectivity index (χ1v) is 9.28. The highest BCUT2D eigenvalue weighted by Gasteiger charge is 2.18. The molecule has 2 amide bonds. The molecule has 2 heterocycles. The van der Waals surface area contributed by atoms with Crippen LogP contribution in [0.4, 0.5) is 10.5 Å². The minimum atomic E-state index is -0.232. The van der Waals surface area contributed by atoms with E-state index in [1.54, 1.807) is 0 Å². The highest BCUT2D eigenvalue weighted by molar-refractivity contribution is 5.92. The lowest BCUT2D eigenvalue weighted by Crippen LogP contribution is -2.28. The minimum absolute atomic E-state index is 0.232. The van der Waals surface area contributed by atoms with Gasteiger partial charge in [-0.2, -0.15) is 5.10 Å². The van der Waals surface area contributed by atoms with Crippen molar-refractivity contribution in [2.24, 2.45) is 0 Å². The predicted octanol–water partition coefficient (Wildman–Crippen LogP) is 3.15. The highest BCUT2D eigenvalue weighted by atomic mass is 16.2. The van der Waals surface area contributed by atoms with Crippen molar-refractivity contribution in [3.05, 3.63) is 41.0 Å². The fraction of sp³-hybridized carbons (Fsp3) is 0.421. The van der Waals surface area contributed by atoms with Gasteiger partial charge in [-0.25, -0.2) is 9.78 Å². The van der Waals surface area contributed by atoms with E-state index in [-0.39, 0.29) is 6.03 Å². The van der Waals surface area contributed by atoms with Crippen LogP contribution >= 0.6 is 0 Å². The normalized spacial score (nSPS) is 13.2. The van der Waals surface area contributed by atoms with Crippen LogP contribution in [-0.2, 0) is 32.4 Å². The van der Waals surface area contributed by atoms with Crippen LogP contribution < -0.4 is 10.6 Å². The summed E-state index contributed by atoms with van der Waals surface area (Å²) in [6.45, 7) is 5.54. The second-order valence-corrected chi connectivity index (χ2v) is 6.62. The number of hydrogen-bond acceptors (Lipinski definition) is 3. The zero-order valence-electron chi connectivity index (χ0n) is 15.2. The zero-order valence-corrected chi connectivity index (χ0v) is 15.2. The molecule has 0 atom stereocenters. The van der Waals surface area contributed by atoms with E-state index < -0.39 is 0 Å². The van der Waals surface area contributed by atoms with Crippen LogP contribution in [0.5, 0.6) is 0 Å². The predicted molar refractivity (Wildman–Crippen MR) is 101 cm³/mol. The molecule has 0 saturated carbocycles. The zero-order chi connectivity index (χ0) is 18.1. The van der Waals surface area contributed by atoms with Gasteiger partial charge in [-0.05, 0) is 49.9 Å². The van der Waals surface area contributed by atoms with Gasteiger partial charge in [0.25, 0.3) is 0 Å². The number of aryl methyl sites for hydroxylation is 3. The Morgan fingerprint density at radius 2 is 2.19 bits per heavy atom. The van der Waals surface area contributed by atoms with E-state index in [0.29, 0.717) is 6.54 Å². The van der Waals surface area contributed by atoms with Crippen molar-refractivity contribution in [3.63, 3.8) is 0 Å². The molecule has 1 aromatic carbocycles. The summed E-state index contributed by atoms with van der Waals surface area (Å²) in [5.41, 5.74) is 6.17. The summed E-state index contributed by atoms with van der Waals surface area (Å²) in [5.74, 6) is 1.07. The van der Waals surface area contributed by atoms with Gasteiger partial charge in [-0.3, -0.25) is 5.10 Å². The van der Waals surface area contributed by atoms with Crippen molar-refractivity contribution in [2.75, 3.05) is 5.32 Å². The average Bonchev–Trinajstić information content (AvgIpc) is 3.33. The van der Waals surface area contributed by atoms with Gasteiger partial charge < -0.3 is 15.2 Å². The Kier molecular flexibility index (Phi) is 4.36. The summed E-state index contributed by atoms with van der Waals surface area (Å²) in [7, 11) is 0. The van der Waals surface area contributed by atoms with Gasteiger partial charge in [0.15, 0.2) is 0 Å². The maximum Gasteiger partial charge on any atom is 0.319 e. The number of rotatable bonds is 5. The van der Waals surface area contributed by atoms with E-state index in [1.807, 2.05) is 18.2 Å². The van der Waals surface area contributed by atoms with E-state index in [1.165, 1.54) is 11.3 Å². The van der Waals surface area contributed by atoms with E-state index in [4.69, 9.17) is 0 Å². The molecule has 0 radical (unpaired) electrons. The molecule has 1 aliphatic rings. The number of amides is 2. The number of carbonyl (C=O) groups excluding carboxylic acids is 1. The van der Waals surface area contributed by atoms with Gasteiger partial charge in [-0.1, -0.05) is 6.92 Å². The van der Waals surface area contributed by atoms with E-state index in [9.17, 15) is 4.79 Å². The molecule has 3 aromatic rings. The van der Waals surface area contributed by atoms with Crippen molar-refractivity contribution in [2.45, 2.75) is 52.6 Å². The van der Waals surface area contributed by atoms with Crippen LogP contribution in [0.1, 0.15) is 43.0 Å². The Hall–Kier alpha value is -2.83. The number of fused-ring (bicyclic) bond motifs is 2. The summed E-state index contributed by atoms with van der Waals surface area (Å²) >= 11 is 0. The number of carbonyl (C=O) groups is 1. The summed E-state index contributed by atoms with van der Waals surface area (Å²) in [6.07, 6.45) is 4.15. The molecule has 4 rings (SSSR count). The Balaban J connectivity index is 1.43. The first-order valence-electron chi connectivity index (χ1n) is 9.28. The number of benzene rings is 1. The van der Waals surface area contributed by atoms with E-state index >= 15 is 0 Å². The lowest BCUT2D eigenvalue weighted by molar-refractivity contribution is 0.251. The average molecular weight is 352 g/mol. The maximum absolute atomic E-state index is 12.2. The molecule has 0 fully saturated rings. The lowest BCUT2D eigenvalue weighted by Gasteiger charge is -2.08. The van der Waals surface area contributed by atoms with Crippen molar-refractivity contribution >= 4 is 22.8 Å². The fourth-order valence-electron chi connectivity index (χ4n) is 3.75. The molecule has 2 aromatic heterocycles. The number of anilines is 1. The summed E-state index contributed by atoms with van der Waals surface area (Å²) < 4.78 is 2.21. The number of hydrogen-bond donors (Lipinski definition) is 3. The van der Waals surface area contributed by atoms with Crippen molar-refractivity contribution in [3.8, 4) is 0 Å². The fourth-order valence-corrected chi connectivity index (χ4v) is 3.75. The molecular weight excluding hydrogens is 328 g/mol. The topological polar surface area (TPSA) is 87.6 Å². The van der Waals surface area contributed by atoms with Gasteiger partial charge >= 0.3 is 6.03 Å². The Labute approximate surface area is 152 Å². The molecule has 3 N–H and O–H groups in total. The first-order chi connectivity index (χ1) is 12.7. The first kappa shape index (κ1) is 16.6. The number of aromatic nitrogens is 4. The largest absolute Gasteiger partial charge is 0.332 e. The molecule has 26 heavy (non-hydrogen) atoms. The van der Waals surface area contributed by atoms with Gasteiger partial charge in [0.05, 0.1) is 23.3 Å². The number of imidazole rings is 1. The molecule has 0 unspecified atom stereocenters. The maximum atomic E-state index is 12.2. The number of urea groups is 1. The third kappa shape index (κ3) is 2.94. The third-order valence-corrected chi connectivity index (χ3v) is 5.03. The van der Waals surface area contributed by atoms with E-state index in [0.717, 1.165) is 60.5 Å². The van der Waals surface area contributed by atoms with Crippen LogP contribution in [-0.4, -0.2) is 25.8 Å². The summed E-state index contributed by atoms with van der Waals surface area (Å²) in [6, 6.07) is 5.62. The number of aromatic amines is 1. The van der Waals surface area contributed by atoms with Crippen LogP contribution in [0.25, 0.3) is 11.0 Å². The molecule has 7 nitrogen and oxygen atoms in total. The van der Waals surface area contributed by atoms with Gasteiger partial charge in [0.1, 0.15) is 5.82 Å². The molecule has 1 aliphatic carbocycles. The quantitative estimate of drug-likeness (QED) is 0.659. The van der Waals surface area contributed by atoms with Crippen LogP contribution in [0.3, 0.4) is 0 Å². The molecular formula is C19H24N6O. The summed E-state index contributed by atoms with van der Waals surface area (Å²) in [5, 5.41) is 13.2. The number of nitrogens with one attached hydrogen (secondary N) is 3. The number of H-pyrrole nitrogens is 1. The van der Waals surface area contributed by atoms with Gasteiger partial charge in [0.2, 0.25) is 0 Å². The Morgan fingerprint density at radius 3 is 3.00 bits per heavy atom. The van der Waals surface area contributed by atoms with Crippen LogP contribution in [0.2, 0.25) is 0 Å². The molecule has 0 bridgehead atoms. The monoisotopic (exact) mass is 352 g/mol. The summed E-state index contributed by atoms with van der Waals surface area (Å²) in [4.78, 5) is 16.9. The highest BCUT2D eigenvalue weighted by Crippen LogP contribution is 2.23. The molecule has 7 heteroatoms. The van der Waals surface area contributed by atoms with Gasteiger partial charge in [-0.15, -0.1) is 0 Å². The molecule has 0 saturated heterocycles. The van der Waals surface area contributed by atoms with Crippen LogP contribution in [0, 0.1) is 0 Å². The third-order valence-electron chi connectivity index (χ3n) is 5.03. The van der Waals surface area contributed by atoms with Gasteiger partial charge in [0, 0.05) is 24.3 Å². The lowest BCUT2D eigenvalue weighted by atomic mass is 10.2. The van der Waals surface area contributed by atoms with Crippen molar-refractivity contribution in [1.29, 1.82) is 0 Å². The minimum Gasteiger partial charge on any atom is -0.332 e. The van der Waals surface area contributed by atoms with Crippen LogP contribution in [0.15, 0.2) is 18.2 Å². The molecule has 136 valence electrons. The SMILES string of the molecule is CCc1nc2cc(NC(=O)NCc3n[nH]c4c3CCC4)ccc2n1CC. The standard InChI is InChI=1S/C19H24N6O/c1-3-18-22-15-10-12(8-9-17(15)25(18)4-2)21-19(26)20-11-16-13-6-5-7-14(13)23-24-16/h8-10H,3-7,11H2,1-2H3,(H,23,24)(H2,20,21,26). The smallest absolute Gasteiger partial charge is 0.319 e. The molecule has 0 spiro atoms. The second kappa shape index (κ2) is 6.82. The number of nitrogens with zero attached hydrogens (tertiary/aromatic N) is 3.